The molecule has 2 aliphatic carbocycles. The van der Waals surface area contributed by atoms with Crippen molar-refractivity contribution in [3.8, 4) is 6.07 Å². The van der Waals surface area contributed by atoms with E-state index in [1.165, 1.54) is 32.1 Å². The number of carbonyl (C=O) groups is 2. The minimum Gasteiger partial charge on any atom is -0.436 e. The zero-order chi connectivity index (χ0) is 23.3. The number of fused-ring (bicyclic) bond motifs is 1. The molecule has 2 saturated heterocycles. The number of amides is 2. The van der Waals surface area contributed by atoms with Gasteiger partial charge in [0.2, 0.25) is 0 Å². The van der Waals surface area contributed by atoms with E-state index in [0.29, 0.717) is 51.6 Å². The molecule has 0 aromatic rings. The van der Waals surface area contributed by atoms with Crippen LogP contribution >= 0.6 is 0 Å². The van der Waals surface area contributed by atoms with Gasteiger partial charge in [0.1, 0.15) is 5.54 Å². The zero-order valence-electron chi connectivity index (χ0n) is 20.1. The number of morpholine rings is 1. The Labute approximate surface area is 197 Å². The molecule has 2 heterocycles. The molecule has 1 N–H and O–H groups in total. The predicted molar refractivity (Wildman–Crippen MR) is 123 cm³/mol. The van der Waals surface area contributed by atoms with Crippen molar-refractivity contribution in [2.24, 2.45) is 17.8 Å². The summed E-state index contributed by atoms with van der Waals surface area (Å²) in [5.41, 5.74) is -0.905. The van der Waals surface area contributed by atoms with E-state index in [2.05, 4.69) is 23.2 Å². The van der Waals surface area contributed by atoms with Gasteiger partial charge in [0.05, 0.1) is 19.3 Å². The van der Waals surface area contributed by atoms with Crippen LogP contribution in [-0.2, 0) is 14.3 Å². The Morgan fingerprint density at radius 2 is 1.91 bits per heavy atom. The molecule has 184 valence electrons. The Kier molecular flexibility index (Phi) is 8.13. The SMILES string of the molecule is CCN1CCC(C#N)(NC(=O)C(CC2CCC3CCCCC3C2)OC(=O)N2CCOCC2)C1. The first-order valence-electron chi connectivity index (χ1n) is 13.0. The van der Waals surface area contributed by atoms with Crippen molar-refractivity contribution in [3.05, 3.63) is 0 Å². The maximum Gasteiger partial charge on any atom is 0.410 e. The van der Waals surface area contributed by atoms with Crippen LogP contribution in [0, 0.1) is 29.1 Å². The summed E-state index contributed by atoms with van der Waals surface area (Å²) in [5, 5.41) is 12.9. The predicted octanol–water partition coefficient (Wildman–Crippen LogP) is 2.92. The van der Waals surface area contributed by atoms with Crippen molar-refractivity contribution in [2.75, 3.05) is 45.9 Å². The highest BCUT2D eigenvalue weighted by atomic mass is 16.6. The summed E-state index contributed by atoms with van der Waals surface area (Å²) in [4.78, 5) is 30.1. The molecular weight excluding hydrogens is 420 g/mol. The first-order valence-corrected chi connectivity index (χ1v) is 13.0. The summed E-state index contributed by atoms with van der Waals surface area (Å²) in [7, 11) is 0. The molecule has 0 radical (unpaired) electrons. The minimum atomic E-state index is -0.905. The average molecular weight is 461 g/mol. The Hall–Kier alpha value is -1.85. The van der Waals surface area contributed by atoms with Gasteiger partial charge in [0.15, 0.2) is 6.10 Å². The number of nitriles is 1. The lowest BCUT2D eigenvalue weighted by Crippen LogP contribution is -2.54. The van der Waals surface area contributed by atoms with E-state index >= 15 is 0 Å². The fourth-order valence-electron chi connectivity index (χ4n) is 6.33. The fraction of sp³-hybridized carbons (Fsp3) is 0.880. The third kappa shape index (κ3) is 5.99. The fourth-order valence-corrected chi connectivity index (χ4v) is 6.33. The number of rotatable bonds is 6. The van der Waals surface area contributed by atoms with E-state index in [4.69, 9.17) is 9.47 Å². The topological polar surface area (TPSA) is 94.9 Å². The molecule has 4 rings (SSSR count). The Balaban J connectivity index is 1.43. The van der Waals surface area contributed by atoms with Crippen LogP contribution < -0.4 is 5.32 Å². The van der Waals surface area contributed by atoms with Gasteiger partial charge < -0.3 is 24.6 Å². The summed E-state index contributed by atoms with van der Waals surface area (Å²) < 4.78 is 11.2. The smallest absolute Gasteiger partial charge is 0.410 e. The second-order valence-corrected chi connectivity index (χ2v) is 10.5. The highest BCUT2D eigenvalue weighted by molar-refractivity contribution is 5.84. The molecule has 0 spiro atoms. The molecule has 0 aromatic heterocycles. The lowest BCUT2D eigenvalue weighted by molar-refractivity contribution is -0.133. The molecule has 4 aliphatic rings. The van der Waals surface area contributed by atoms with Crippen molar-refractivity contribution >= 4 is 12.0 Å². The lowest BCUT2D eigenvalue weighted by atomic mass is 9.66. The van der Waals surface area contributed by atoms with Crippen LogP contribution in [0.5, 0.6) is 0 Å². The number of hydrogen-bond acceptors (Lipinski definition) is 6. The molecule has 8 heteroatoms. The van der Waals surface area contributed by atoms with E-state index in [1.54, 1.807) is 4.90 Å². The van der Waals surface area contributed by atoms with E-state index in [0.717, 1.165) is 37.8 Å². The number of nitrogens with one attached hydrogen (secondary N) is 1. The molecule has 5 atom stereocenters. The lowest BCUT2D eigenvalue weighted by Gasteiger charge is -2.40. The van der Waals surface area contributed by atoms with Crippen molar-refractivity contribution in [2.45, 2.75) is 76.4 Å². The molecular formula is C25H40N4O4. The Bertz CT molecular complexity index is 734. The Morgan fingerprint density at radius 3 is 2.61 bits per heavy atom. The van der Waals surface area contributed by atoms with Gasteiger partial charge in [-0.15, -0.1) is 0 Å². The second-order valence-electron chi connectivity index (χ2n) is 10.5. The van der Waals surface area contributed by atoms with Gasteiger partial charge in [-0.05, 0) is 50.0 Å². The van der Waals surface area contributed by atoms with Crippen LogP contribution in [0.4, 0.5) is 4.79 Å². The second kappa shape index (κ2) is 11.1. The number of ether oxygens (including phenoxy) is 2. The Morgan fingerprint density at radius 1 is 1.15 bits per heavy atom. The monoisotopic (exact) mass is 460 g/mol. The third-order valence-electron chi connectivity index (χ3n) is 8.37. The van der Waals surface area contributed by atoms with E-state index in [9.17, 15) is 14.9 Å². The van der Waals surface area contributed by atoms with Gasteiger partial charge in [0, 0.05) is 26.2 Å². The van der Waals surface area contributed by atoms with Gasteiger partial charge in [-0.25, -0.2) is 4.79 Å². The molecule has 2 saturated carbocycles. The number of hydrogen-bond donors (Lipinski definition) is 1. The maximum atomic E-state index is 13.4. The quantitative estimate of drug-likeness (QED) is 0.655. The number of nitrogens with zero attached hydrogens (tertiary/aromatic N) is 3. The van der Waals surface area contributed by atoms with Crippen LogP contribution in [-0.4, -0.2) is 79.4 Å². The largest absolute Gasteiger partial charge is 0.436 e. The van der Waals surface area contributed by atoms with Crippen LogP contribution in [0.3, 0.4) is 0 Å². The molecule has 5 unspecified atom stereocenters. The van der Waals surface area contributed by atoms with Crippen LogP contribution in [0.1, 0.15) is 64.7 Å². The zero-order valence-corrected chi connectivity index (χ0v) is 20.1. The van der Waals surface area contributed by atoms with Crippen LogP contribution in [0.25, 0.3) is 0 Å². The number of carbonyl (C=O) groups excluding carboxylic acids is 2. The average Bonchev–Trinajstić information content (AvgIpc) is 3.27. The summed E-state index contributed by atoms with van der Waals surface area (Å²) >= 11 is 0. The molecule has 0 bridgehead atoms. The van der Waals surface area contributed by atoms with Crippen LogP contribution in [0.15, 0.2) is 0 Å². The van der Waals surface area contributed by atoms with Gasteiger partial charge >= 0.3 is 6.09 Å². The first-order chi connectivity index (χ1) is 16.0. The summed E-state index contributed by atoms with van der Waals surface area (Å²) in [6, 6.07) is 2.34. The highest BCUT2D eigenvalue weighted by Crippen LogP contribution is 2.44. The maximum absolute atomic E-state index is 13.4. The van der Waals surface area contributed by atoms with Gasteiger partial charge in [0.25, 0.3) is 5.91 Å². The third-order valence-corrected chi connectivity index (χ3v) is 8.37. The molecule has 8 nitrogen and oxygen atoms in total. The standard InChI is InChI=1S/C25H40N4O4/c1-2-28-10-9-25(17-26,18-28)27-23(30)22(33-24(31)29-11-13-32-14-12-29)16-19-7-8-20-5-3-4-6-21(20)15-19/h19-22H,2-16,18H2,1H3,(H,27,30). The van der Waals surface area contributed by atoms with E-state index < -0.39 is 17.7 Å². The number of likely N-dealkylation sites (N-methyl/N-ethyl adjacent to an activating group) is 1. The van der Waals surface area contributed by atoms with Gasteiger partial charge in [-0.2, -0.15) is 5.26 Å². The number of likely N-dealkylation sites (tertiary alicyclic amines) is 1. The molecule has 4 fully saturated rings. The summed E-state index contributed by atoms with van der Waals surface area (Å²) in [6.07, 6.45) is 8.55. The van der Waals surface area contributed by atoms with Crippen molar-refractivity contribution < 1.29 is 19.1 Å². The van der Waals surface area contributed by atoms with Gasteiger partial charge in [-0.1, -0.05) is 39.0 Å². The van der Waals surface area contributed by atoms with Crippen molar-refractivity contribution in [1.82, 2.24) is 15.1 Å². The minimum absolute atomic E-state index is 0.318. The first kappa shape index (κ1) is 24.3. The van der Waals surface area contributed by atoms with Crippen molar-refractivity contribution in [1.29, 1.82) is 5.26 Å². The van der Waals surface area contributed by atoms with E-state index in [-0.39, 0.29) is 5.91 Å². The van der Waals surface area contributed by atoms with Crippen molar-refractivity contribution in [3.63, 3.8) is 0 Å². The molecule has 0 aromatic carbocycles. The summed E-state index contributed by atoms with van der Waals surface area (Å²) in [6.45, 7) is 6.15. The molecule has 2 aliphatic heterocycles. The summed E-state index contributed by atoms with van der Waals surface area (Å²) in [5.74, 6) is 1.64. The normalized spacial score (nSPS) is 33.6. The van der Waals surface area contributed by atoms with E-state index in [1.807, 2.05) is 0 Å². The van der Waals surface area contributed by atoms with Gasteiger partial charge in [-0.3, -0.25) is 4.79 Å². The molecule has 2 amide bonds. The molecule has 33 heavy (non-hydrogen) atoms. The highest BCUT2D eigenvalue weighted by Gasteiger charge is 2.42. The van der Waals surface area contributed by atoms with Crippen LogP contribution in [0.2, 0.25) is 0 Å².